The van der Waals surface area contributed by atoms with Crippen LogP contribution in [0.1, 0.15) is 271 Å². The van der Waals surface area contributed by atoms with Gasteiger partial charge in [-0.1, -0.05) is 261 Å². The number of rotatable bonds is 56. The quantitative estimate of drug-likeness (QED) is 0.0195. The van der Waals surface area contributed by atoms with Crippen LogP contribution in [0, 0.1) is 0 Å². The molecule has 0 radical (unpaired) electrons. The Hall–Kier alpha value is -3.01. The van der Waals surface area contributed by atoms with Crippen LogP contribution >= 0.6 is 0 Å². The second-order valence-corrected chi connectivity index (χ2v) is 21.6. The highest BCUT2D eigenvalue weighted by molar-refractivity contribution is 5.70. The average molecular weight is 1030 g/mol. The summed E-state index contributed by atoms with van der Waals surface area (Å²) >= 11 is 0. The molecule has 0 rings (SSSR count). The molecule has 0 saturated carbocycles. The van der Waals surface area contributed by atoms with E-state index < -0.39 is 24.3 Å². The second kappa shape index (κ2) is 55.2. The molecule has 0 aliphatic carbocycles. The van der Waals surface area contributed by atoms with Crippen molar-refractivity contribution >= 4 is 17.9 Å². The van der Waals surface area contributed by atoms with E-state index in [0.717, 1.165) is 77.0 Å². The largest absolute Gasteiger partial charge is 0.545 e. The second-order valence-electron chi connectivity index (χ2n) is 21.6. The highest BCUT2D eigenvalue weighted by atomic mass is 16.7. The Morgan fingerprint density at radius 3 is 1.16 bits per heavy atom. The van der Waals surface area contributed by atoms with Crippen molar-refractivity contribution in [2.24, 2.45) is 0 Å². The molecule has 0 N–H and O–H groups in total. The van der Waals surface area contributed by atoms with Gasteiger partial charge in [0.2, 0.25) is 0 Å². The van der Waals surface area contributed by atoms with Crippen LogP contribution in [0.5, 0.6) is 0 Å². The molecule has 0 amide bonds. The molecule has 0 spiro atoms. The number of ether oxygens (including phenoxy) is 4. The van der Waals surface area contributed by atoms with E-state index in [1.165, 1.54) is 161 Å². The molecule has 9 nitrogen and oxygen atoms in total. The molecule has 0 aromatic heterocycles. The number of likely N-dealkylation sites (N-methyl/N-ethyl adjacent to an activating group) is 1. The van der Waals surface area contributed by atoms with Crippen LogP contribution in [-0.4, -0.2) is 82.3 Å². The van der Waals surface area contributed by atoms with E-state index in [4.69, 9.17) is 18.9 Å². The number of unbranched alkanes of at least 4 members (excludes halogenated alkanes) is 31. The molecule has 0 aromatic carbocycles. The fraction of sp³-hybridized carbons (Fsp3) is 0.797. The Kier molecular flexibility index (Phi) is 53.0. The molecule has 2 atom stereocenters. The molecule has 73 heavy (non-hydrogen) atoms. The Bertz CT molecular complexity index is 1380. The summed E-state index contributed by atoms with van der Waals surface area (Å²) in [5.41, 5.74) is 0. The number of allylic oxidation sites excluding steroid dienone is 10. The van der Waals surface area contributed by atoms with Gasteiger partial charge in [-0.05, 0) is 57.8 Å². The SMILES string of the molecule is CC/C=C\C/C=C\C/C=C\C/C=C\C/C=C\CCCCCCCCCCCC(=O)OC(COC(=O)CCCCCCCCCCCCCCCCCCCCCCCCC)COC(OCC[N+](C)(C)C)C(=O)[O-]. The molecule has 0 aliphatic rings. The molecule has 2 unspecified atom stereocenters. The first-order valence-electron chi connectivity index (χ1n) is 30.4. The number of esters is 2. The third kappa shape index (κ3) is 56.6. The minimum atomic E-state index is -1.62. The summed E-state index contributed by atoms with van der Waals surface area (Å²) in [5.74, 6) is -2.28. The maximum atomic E-state index is 12.9. The van der Waals surface area contributed by atoms with Gasteiger partial charge in [-0.15, -0.1) is 0 Å². The molecule has 0 bridgehead atoms. The Labute approximate surface area is 450 Å². The van der Waals surface area contributed by atoms with Gasteiger partial charge in [0.05, 0.1) is 40.3 Å². The van der Waals surface area contributed by atoms with Crippen molar-refractivity contribution in [3.05, 3.63) is 60.8 Å². The normalized spacial score (nSPS) is 13.2. The van der Waals surface area contributed by atoms with Crippen LogP contribution in [0.2, 0.25) is 0 Å². The van der Waals surface area contributed by atoms with Crippen LogP contribution in [-0.2, 0) is 33.3 Å². The molecule has 0 aromatic rings. The lowest BCUT2D eigenvalue weighted by Crippen LogP contribution is -2.44. The van der Waals surface area contributed by atoms with Gasteiger partial charge in [-0.25, -0.2) is 0 Å². The van der Waals surface area contributed by atoms with Gasteiger partial charge in [0.15, 0.2) is 12.4 Å². The highest BCUT2D eigenvalue weighted by Crippen LogP contribution is 2.17. The van der Waals surface area contributed by atoms with Gasteiger partial charge >= 0.3 is 11.9 Å². The van der Waals surface area contributed by atoms with Crippen LogP contribution in [0.25, 0.3) is 0 Å². The minimum Gasteiger partial charge on any atom is -0.545 e. The first kappa shape index (κ1) is 70.0. The summed E-state index contributed by atoms with van der Waals surface area (Å²) in [4.78, 5) is 37.3. The third-order valence-electron chi connectivity index (χ3n) is 13.3. The van der Waals surface area contributed by atoms with Crippen molar-refractivity contribution in [2.45, 2.75) is 283 Å². The third-order valence-corrected chi connectivity index (χ3v) is 13.3. The number of carbonyl (C=O) groups is 3. The number of quaternary nitrogens is 1. The van der Waals surface area contributed by atoms with Gasteiger partial charge in [0, 0.05) is 12.8 Å². The Morgan fingerprint density at radius 1 is 0.425 bits per heavy atom. The summed E-state index contributed by atoms with van der Waals surface area (Å²) in [6.07, 6.45) is 67.0. The Balaban J connectivity index is 4.22. The standard InChI is InChI=1S/C64H115NO8/c1-6-8-10-12-14-16-18-20-22-24-26-28-30-31-33-35-37-39-41-43-45-47-49-51-53-55-62(67)73-60(59-72-64(63(68)69)70-57-56-65(3,4)5)58-71-61(66)54-52-50-48-46-44-42-40-38-36-34-32-29-27-25-23-21-19-17-15-13-11-9-7-2/h8,10,14,16,20,22,26,28,31,33,60,64H,6-7,9,11-13,15,17-19,21,23-25,27,29-30,32,34-59H2,1-5H3/b10-8-,16-14-,22-20-,28-26-,33-31-. The fourth-order valence-electron chi connectivity index (χ4n) is 8.62. The molecule has 424 valence electrons. The number of aliphatic carboxylic acids is 1. The topological polar surface area (TPSA) is 111 Å². The van der Waals surface area contributed by atoms with Crippen molar-refractivity contribution in [3.63, 3.8) is 0 Å². The lowest BCUT2D eigenvalue weighted by Gasteiger charge is -2.26. The number of hydrogen-bond donors (Lipinski definition) is 0. The number of carboxylic acids is 1. The summed E-state index contributed by atoms with van der Waals surface area (Å²) in [7, 11) is 5.92. The first-order valence-corrected chi connectivity index (χ1v) is 30.4. The van der Waals surface area contributed by atoms with Crippen molar-refractivity contribution in [2.75, 3.05) is 47.5 Å². The predicted octanol–water partition coefficient (Wildman–Crippen LogP) is 16.7. The molecule has 0 saturated heterocycles. The summed E-state index contributed by atoms with van der Waals surface area (Å²) in [6.45, 7) is 4.66. The van der Waals surface area contributed by atoms with Crippen molar-refractivity contribution in [1.82, 2.24) is 0 Å². The lowest BCUT2D eigenvalue weighted by molar-refractivity contribution is -0.870. The number of carboxylic acid groups (broad SMARTS) is 1. The van der Waals surface area contributed by atoms with Crippen molar-refractivity contribution in [1.29, 1.82) is 0 Å². The molecule has 0 heterocycles. The smallest absolute Gasteiger partial charge is 0.306 e. The summed E-state index contributed by atoms with van der Waals surface area (Å²) in [6, 6.07) is 0. The minimum absolute atomic E-state index is 0.146. The zero-order valence-electron chi connectivity index (χ0n) is 48.3. The predicted molar refractivity (Wildman–Crippen MR) is 306 cm³/mol. The van der Waals surface area contributed by atoms with Crippen LogP contribution in [0.4, 0.5) is 0 Å². The fourth-order valence-corrected chi connectivity index (χ4v) is 8.62. The van der Waals surface area contributed by atoms with E-state index in [0.29, 0.717) is 23.9 Å². The van der Waals surface area contributed by atoms with E-state index in [-0.39, 0.29) is 32.2 Å². The van der Waals surface area contributed by atoms with Crippen molar-refractivity contribution in [3.8, 4) is 0 Å². The number of nitrogens with zero attached hydrogens (tertiary/aromatic N) is 1. The van der Waals surface area contributed by atoms with Gasteiger partial charge in [0.25, 0.3) is 0 Å². The monoisotopic (exact) mass is 1030 g/mol. The molecule has 0 fully saturated rings. The van der Waals surface area contributed by atoms with E-state index in [1.807, 2.05) is 21.1 Å². The van der Waals surface area contributed by atoms with Crippen LogP contribution in [0.15, 0.2) is 60.8 Å². The van der Waals surface area contributed by atoms with E-state index >= 15 is 0 Å². The Morgan fingerprint density at radius 2 is 0.781 bits per heavy atom. The zero-order chi connectivity index (χ0) is 53.4. The lowest BCUT2D eigenvalue weighted by atomic mass is 10.0. The molecule has 0 aliphatic heterocycles. The number of carbonyl (C=O) groups excluding carboxylic acids is 3. The van der Waals surface area contributed by atoms with Gasteiger partial charge in [-0.3, -0.25) is 9.59 Å². The summed E-state index contributed by atoms with van der Waals surface area (Å²) < 4.78 is 22.7. The molecule has 9 heteroatoms. The van der Waals surface area contributed by atoms with Crippen molar-refractivity contribution < 1.29 is 42.9 Å². The van der Waals surface area contributed by atoms with Crippen LogP contribution < -0.4 is 5.11 Å². The molecular formula is C64H115NO8. The van der Waals surface area contributed by atoms with Gasteiger partial charge in [-0.2, -0.15) is 0 Å². The molecular weight excluding hydrogens is 911 g/mol. The van der Waals surface area contributed by atoms with E-state index in [9.17, 15) is 19.5 Å². The van der Waals surface area contributed by atoms with E-state index in [1.54, 1.807) is 0 Å². The summed E-state index contributed by atoms with van der Waals surface area (Å²) in [5, 5.41) is 11.8. The maximum Gasteiger partial charge on any atom is 0.306 e. The highest BCUT2D eigenvalue weighted by Gasteiger charge is 2.22. The van der Waals surface area contributed by atoms with Gasteiger partial charge < -0.3 is 33.3 Å². The first-order chi connectivity index (χ1) is 35.6. The maximum absolute atomic E-state index is 12.9. The van der Waals surface area contributed by atoms with Gasteiger partial charge in [0.1, 0.15) is 13.2 Å². The number of hydrogen-bond acceptors (Lipinski definition) is 8. The average Bonchev–Trinajstić information content (AvgIpc) is 3.36. The van der Waals surface area contributed by atoms with E-state index in [2.05, 4.69) is 74.6 Å². The van der Waals surface area contributed by atoms with Crippen LogP contribution in [0.3, 0.4) is 0 Å². The zero-order valence-corrected chi connectivity index (χ0v) is 48.3.